The van der Waals surface area contributed by atoms with Gasteiger partial charge in [0.15, 0.2) is 0 Å². The Bertz CT molecular complexity index is 497. The highest BCUT2D eigenvalue weighted by atomic mass is 32.2. The molecule has 110 valence electrons. The number of thioether (sulfide) groups is 1. The van der Waals surface area contributed by atoms with Crippen LogP contribution in [0.1, 0.15) is 11.1 Å². The molecule has 0 aliphatic rings. The van der Waals surface area contributed by atoms with Crippen molar-refractivity contribution < 1.29 is 19.1 Å². The number of carbonyl (C=O) groups is 2. The molecule has 0 spiro atoms. The van der Waals surface area contributed by atoms with E-state index in [4.69, 9.17) is 10.8 Å². The summed E-state index contributed by atoms with van der Waals surface area (Å²) in [6, 6.07) is 3.67. The van der Waals surface area contributed by atoms with Crippen molar-refractivity contribution in [2.75, 3.05) is 11.5 Å². The van der Waals surface area contributed by atoms with Gasteiger partial charge >= 0.3 is 5.97 Å². The number of hydrogen-bond donors (Lipinski definition) is 3. The van der Waals surface area contributed by atoms with Crippen molar-refractivity contribution in [1.29, 1.82) is 0 Å². The highest BCUT2D eigenvalue weighted by molar-refractivity contribution is 8.00. The number of carboxylic acids is 1. The van der Waals surface area contributed by atoms with Crippen LogP contribution in [0, 0.1) is 12.7 Å². The fourth-order valence-corrected chi connectivity index (χ4v) is 2.22. The Morgan fingerprint density at radius 2 is 2.20 bits per heavy atom. The van der Waals surface area contributed by atoms with Crippen LogP contribution in [0.25, 0.3) is 0 Å². The minimum absolute atomic E-state index is 0.140. The normalized spacial score (nSPS) is 11.9. The summed E-state index contributed by atoms with van der Waals surface area (Å²) in [4.78, 5) is 22.0. The van der Waals surface area contributed by atoms with Gasteiger partial charge in [-0.3, -0.25) is 9.59 Å². The molecule has 1 aromatic carbocycles. The summed E-state index contributed by atoms with van der Waals surface area (Å²) in [6.07, 6.45) is 0. The van der Waals surface area contributed by atoms with Crippen molar-refractivity contribution in [3.63, 3.8) is 0 Å². The standard InChI is InChI=1S/C13H17FN2O3S/c1-8-4-9(2-3-10(8)14)5-16-12(17)7-20-6-11(15)13(18)19/h2-4,11H,5-7,15H2,1H3,(H,16,17)(H,18,19)/t11-/m0/s1. The molecule has 5 nitrogen and oxygen atoms in total. The van der Waals surface area contributed by atoms with Gasteiger partial charge in [-0.2, -0.15) is 0 Å². The molecule has 1 atom stereocenters. The van der Waals surface area contributed by atoms with E-state index in [1.54, 1.807) is 19.1 Å². The molecule has 0 aromatic heterocycles. The maximum Gasteiger partial charge on any atom is 0.321 e. The van der Waals surface area contributed by atoms with Crippen molar-refractivity contribution in [2.45, 2.75) is 19.5 Å². The van der Waals surface area contributed by atoms with Crippen molar-refractivity contribution >= 4 is 23.6 Å². The zero-order valence-corrected chi connectivity index (χ0v) is 11.9. The molecule has 1 amide bonds. The Labute approximate surface area is 120 Å². The topological polar surface area (TPSA) is 92.4 Å². The second kappa shape index (κ2) is 7.86. The molecule has 0 saturated heterocycles. The van der Waals surface area contributed by atoms with E-state index in [0.29, 0.717) is 12.1 Å². The van der Waals surface area contributed by atoms with Crippen LogP contribution in [0.2, 0.25) is 0 Å². The Hall–Kier alpha value is -1.60. The van der Waals surface area contributed by atoms with Gasteiger partial charge in [-0.1, -0.05) is 12.1 Å². The first kappa shape index (κ1) is 16.5. The van der Waals surface area contributed by atoms with E-state index in [2.05, 4.69) is 5.32 Å². The van der Waals surface area contributed by atoms with E-state index in [-0.39, 0.29) is 23.2 Å². The minimum Gasteiger partial charge on any atom is -0.480 e. The fraction of sp³-hybridized carbons (Fsp3) is 0.385. The summed E-state index contributed by atoms with van der Waals surface area (Å²) in [6.45, 7) is 1.97. The van der Waals surface area contributed by atoms with Gasteiger partial charge in [0.25, 0.3) is 0 Å². The third-order valence-electron chi connectivity index (χ3n) is 2.56. The zero-order valence-electron chi connectivity index (χ0n) is 11.1. The minimum atomic E-state index is -1.08. The van der Waals surface area contributed by atoms with E-state index in [9.17, 15) is 14.0 Å². The van der Waals surface area contributed by atoms with Gasteiger partial charge in [-0.05, 0) is 24.1 Å². The van der Waals surface area contributed by atoms with E-state index in [0.717, 1.165) is 17.3 Å². The lowest BCUT2D eigenvalue weighted by atomic mass is 10.1. The SMILES string of the molecule is Cc1cc(CNC(=O)CSC[C@H](N)C(=O)O)ccc1F. The number of halogens is 1. The molecule has 0 bridgehead atoms. The molecule has 1 aromatic rings. The lowest BCUT2D eigenvalue weighted by molar-refractivity contribution is -0.138. The predicted molar refractivity (Wildman–Crippen MR) is 75.9 cm³/mol. The molecule has 0 heterocycles. The van der Waals surface area contributed by atoms with Crippen LogP contribution >= 0.6 is 11.8 Å². The Morgan fingerprint density at radius 1 is 1.50 bits per heavy atom. The van der Waals surface area contributed by atoms with Gasteiger partial charge < -0.3 is 16.2 Å². The third kappa shape index (κ3) is 5.58. The van der Waals surface area contributed by atoms with Gasteiger partial charge in [0.1, 0.15) is 11.9 Å². The Kier molecular flexibility index (Phi) is 6.47. The van der Waals surface area contributed by atoms with Gasteiger partial charge in [0, 0.05) is 12.3 Å². The molecule has 0 aliphatic heterocycles. The van der Waals surface area contributed by atoms with Crippen molar-refractivity contribution in [3.8, 4) is 0 Å². The van der Waals surface area contributed by atoms with E-state index in [1.165, 1.54) is 6.07 Å². The summed E-state index contributed by atoms with van der Waals surface area (Å²) in [5, 5.41) is 11.3. The van der Waals surface area contributed by atoms with Crippen molar-refractivity contribution in [1.82, 2.24) is 5.32 Å². The second-order valence-electron chi connectivity index (χ2n) is 4.32. The van der Waals surface area contributed by atoms with Crippen molar-refractivity contribution in [3.05, 3.63) is 35.1 Å². The zero-order chi connectivity index (χ0) is 15.1. The molecule has 0 fully saturated rings. The molecule has 7 heteroatoms. The second-order valence-corrected chi connectivity index (χ2v) is 5.35. The van der Waals surface area contributed by atoms with Gasteiger partial charge in [0.05, 0.1) is 5.75 Å². The Balaban J connectivity index is 2.29. The number of nitrogens with two attached hydrogens (primary N) is 1. The molecular formula is C13H17FN2O3S. The number of hydrogen-bond acceptors (Lipinski definition) is 4. The molecule has 1 rings (SSSR count). The first-order valence-electron chi connectivity index (χ1n) is 5.98. The van der Waals surface area contributed by atoms with Gasteiger partial charge in [-0.15, -0.1) is 11.8 Å². The number of aliphatic carboxylic acids is 1. The number of rotatable bonds is 7. The van der Waals surface area contributed by atoms with Crippen LogP contribution in [-0.2, 0) is 16.1 Å². The van der Waals surface area contributed by atoms with Crippen LogP contribution in [0.5, 0.6) is 0 Å². The molecule has 0 unspecified atom stereocenters. The first-order valence-corrected chi connectivity index (χ1v) is 7.13. The number of benzene rings is 1. The highest BCUT2D eigenvalue weighted by Crippen LogP contribution is 2.09. The fourth-order valence-electron chi connectivity index (χ4n) is 1.42. The molecule has 0 aliphatic carbocycles. The first-order chi connectivity index (χ1) is 9.40. The molecular weight excluding hydrogens is 283 g/mol. The lowest BCUT2D eigenvalue weighted by Crippen LogP contribution is -2.33. The van der Waals surface area contributed by atoms with Crippen LogP contribution < -0.4 is 11.1 Å². The number of aryl methyl sites for hydroxylation is 1. The summed E-state index contributed by atoms with van der Waals surface area (Å²) in [5.74, 6) is -1.26. The molecule has 4 N–H and O–H groups in total. The predicted octanol–water partition coefficient (Wildman–Crippen LogP) is 0.895. The quantitative estimate of drug-likeness (QED) is 0.695. The summed E-state index contributed by atoms with van der Waals surface area (Å²) < 4.78 is 13.1. The number of nitrogens with one attached hydrogen (secondary N) is 1. The average molecular weight is 300 g/mol. The number of carbonyl (C=O) groups excluding carboxylic acids is 1. The smallest absolute Gasteiger partial charge is 0.321 e. The van der Waals surface area contributed by atoms with Crippen LogP contribution in [-0.4, -0.2) is 34.5 Å². The molecule has 20 heavy (non-hydrogen) atoms. The van der Waals surface area contributed by atoms with Crippen molar-refractivity contribution in [2.24, 2.45) is 5.73 Å². The maximum absolute atomic E-state index is 13.1. The third-order valence-corrected chi connectivity index (χ3v) is 3.62. The summed E-state index contributed by atoms with van der Waals surface area (Å²) >= 11 is 1.16. The largest absolute Gasteiger partial charge is 0.480 e. The van der Waals surface area contributed by atoms with E-state index < -0.39 is 12.0 Å². The van der Waals surface area contributed by atoms with Gasteiger partial charge in [0.2, 0.25) is 5.91 Å². The summed E-state index contributed by atoms with van der Waals surface area (Å²) in [5.41, 5.74) is 6.65. The average Bonchev–Trinajstić information content (AvgIpc) is 2.40. The molecule has 0 radical (unpaired) electrons. The monoisotopic (exact) mass is 300 g/mol. The maximum atomic E-state index is 13.1. The number of carboxylic acid groups (broad SMARTS) is 1. The van der Waals surface area contributed by atoms with E-state index in [1.807, 2.05) is 0 Å². The summed E-state index contributed by atoms with van der Waals surface area (Å²) in [7, 11) is 0. The van der Waals surface area contributed by atoms with Crippen LogP contribution in [0.15, 0.2) is 18.2 Å². The van der Waals surface area contributed by atoms with E-state index >= 15 is 0 Å². The van der Waals surface area contributed by atoms with Gasteiger partial charge in [-0.25, -0.2) is 4.39 Å². The number of amides is 1. The highest BCUT2D eigenvalue weighted by Gasteiger charge is 2.12. The lowest BCUT2D eigenvalue weighted by Gasteiger charge is -2.08. The Morgan fingerprint density at radius 3 is 2.80 bits per heavy atom. The van der Waals surface area contributed by atoms with Crippen LogP contribution in [0.3, 0.4) is 0 Å². The molecule has 0 saturated carbocycles. The van der Waals surface area contributed by atoms with Crippen LogP contribution in [0.4, 0.5) is 4.39 Å².